The summed E-state index contributed by atoms with van der Waals surface area (Å²) >= 11 is 0. The maximum atomic E-state index is 13.6. The van der Waals surface area contributed by atoms with E-state index in [-0.39, 0.29) is 9.79 Å². The molecule has 0 saturated carbocycles. The third kappa shape index (κ3) is 5.58. The summed E-state index contributed by atoms with van der Waals surface area (Å²) in [7, 11) is -8.46. The van der Waals surface area contributed by atoms with Gasteiger partial charge in [0.2, 0.25) is 11.7 Å². The molecule has 2 heterocycles. The molecule has 8 nitrogen and oxygen atoms in total. The number of nitrogens with zero attached hydrogens (tertiary/aromatic N) is 2. The number of pyridine rings is 1. The van der Waals surface area contributed by atoms with E-state index in [1.807, 2.05) is 70.2 Å². The van der Waals surface area contributed by atoms with Crippen LogP contribution in [0.15, 0.2) is 119 Å². The summed E-state index contributed by atoms with van der Waals surface area (Å²) in [5.74, 6) is 0. The van der Waals surface area contributed by atoms with Crippen molar-refractivity contribution in [3.8, 4) is 0 Å². The molecule has 0 unspecified atom stereocenters. The monoisotopic (exact) mass is 628 g/mol. The van der Waals surface area contributed by atoms with E-state index in [1.165, 1.54) is 33.7 Å². The predicted molar refractivity (Wildman–Crippen MR) is 166 cm³/mol. The van der Waals surface area contributed by atoms with Gasteiger partial charge in [-0.2, -0.15) is 16.8 Å². The molecule has 0 fully saturated rings. The first-order valence-electron chi connectivity index (χ1n) is 14.1. The smallest absolute Gasteiger partial charge is 0.176 e. The highest BCUT2D eigenvalue weighted by Gasteiger charge is 2.47. The van der Waals surface area contributed by atoms with Gasteiger partial charge in [0.15, 0.2) is 0 Å². The predicted octanol–water partition coefficient (Wildman–Crippen LogP) is 5.07. The van der Waals surface area contributed by atoms with Crippen LogP contribution in [0.2, 0.25) is 0 Å². The summed E-state index contributed by atoms with van der Waals surface area (Å²) in [4.78, 5) is 0.0363. The summed E-state index contributed by atoms with van der Waals surface area (Å²) in [5, 5.41) is 0.679. The van der Waals surface area contributed by atoms with Gasteiger partial charge in [0.1, 0.15) is 15.4 Å². The third-order valence-corrected chi connectivity index (χ3v) is 10.0. The molecule has 0 atom stereocenters. The molecule has 0 N–H and O–H groups in total. The minimum absolute atomic E-state index is 0.0102. The van der Waals surface area contributed by atoms with Crippen LogP contribution >= 0.6 is 0 Å². The van der Waals surface area contributed by atoms with E-state index < -0.39 is 25.8 Å². The Balaban J connectivity index is 1.58. The molecular formula is C34H32N2O6S2+2. The molecule has 4 aromatic carbocycles. The molecule has 1 aromatic heterocycles. The summed E-state index contributed by atoms with van der Waals surface area (Å²) in [6.45, 7) is 7.56. The van der Waals surface area contributed by atoms with Gasteiger partial charge in [0.25, 0.3) is 11.2 Å². The molecule has 0 bridgehead atoms. The zero-order valence-electron chi connectivity index (χ0n) is 24.8. The molecule has 0 saturated heterocycles. The van der Waals surface area contributed by atoms with Gasteiger partial charge in [-0.05, 0) is 61.9 Å². The Morgan fingerprint density at radius 1 is 0.682 bits per heavy atom. The first-order valence-corrected chi connectivity index (χ1v) is 16.9. The minimum atomic E-state index is -4.24. The number of hydrogen-bond donors (Lipinski definition) is 0. The topological polar surface area (TPSA) is 93.6 Å². The van der Waals surface area contributed by atoms with Gasteiger partial charge < -0.3 is 0 Å². The van der Waals surface area contributed by atoms with Gasteiger partial charge >= 0.3 is 20.2 Å². The van der Waals surface area contributed by atoms with Crippen molar-refractivity contribution in [1.29, 1.82) is 0 Å². The van der Waals surface area contributed by atoms with Crippen LogP contribution in [-0.2, 0) is 30.9 Å². The Hall–Kier alpha value is -4.54. The van der Waals surface area contributed by atoms with Crippen LogP contribution in [0.5, 0.6) is 0 Å². The van der Waals surface area contributed by atoms with Gasteiger partial charge in [-0.25, -0.2) is 0 Å². The molecule has 0 spiro atoms. The van der Waals surface area contributed by atoms with Crippen LogP contribution in [-0.4, -0.2) is 32.8 Å². The minimum Gasteiger partial charge on any atom is -0.176 e. The molecule has 0 radical (unpaired) electrons. The van der Waals surface area contributed by atoms with Crippen LogP contribution in [0, 0.1) is 13.8 Å². The normalized spacial score (nSPS) is 14.7. The highest BCUT2D eigenvalue weighted by molar-refractivity contribution is 7.87. The van der Waals surface area contributed by atoms with Crippen molar-refractivity contribution in [2.75, 3.05) is 0 Å². The molecule has 5 aromatic rings. The van der Waals surface area contributed by atoms with E-state index in [1.54, 1.807) is 42.6 Å². The molecule has 0 aliphatic carbocycles. The van der Waals surface area contributed by atoms with Gasteiger partial charge in [0.05, 0.1) is 10.9 Å². The first-order chi connectivity index (χ1) is 20.8. The highest BCUT2D eigenvalue weighted by atomic mass is 32.2. The van der Waals surface area contributed by atoms with Crippen molar-refractivity contribution in [2.45, 2.75) is 49.4 Å². The van der Waals surface area contributed by atoms with E-state index in [4.69, 9.17) is 8.57 Å². The Kier molecular flexibility index (Phi) is 7.30. The average molecular weight is 629 g/mol. The second-order valence-electron chi connectivity index (χ2n) is 11.6. The molecular weight excluding hydrogens is 597 g/mol. The fourth-order valence-corrected chi connectivity index (χ4v) is 7.29. The number of fused-ring (bicyclic) bond motifs is 2. The van der Waals surface area contributed by atoms with Crippen molar-refractivity contribution < 1.29 is 34.9 Å². The number of rotatable bonds is 7. The zero-order chi connectivity index (χ0) is 31.3. The fraction of sp³-hybridized carbons (Fsp3) is 0.176. The average Bonchev–Trinajstić information content (AvgIpc) is 2.97. The molecule has 6 rings (SSSR count). The van der Waals surface area contributed by atoms with Crippen molar-refractivity contribution >= 4 is 36.9 Å². The van der Waals surface area contributed by atoms with Crippen LogP contribution in [0.25, 0.3) is 10.9 Å². The molecule has 10 heteroatoms. The number of hydrogen-bond acceptors (Lipinski definition) is 6. The van der Waals surface area contributed by atoms with E-state index in [2.05, 4.69) is 0 Å². The maximum Gasteiger partial charge on any atom is 0.396 e. The number of aryl methyl sites for hydroxylation is 2. The van der Waals surface area contributed by atoms with Crippen LogP contribution in [0.3, 0.4) is 0 Å². The van der Waals surface area contributed by atoms with Crippen molar-refractivity contribution in [3.05, 3.63) is 137 Å². The molecule has 224 valence electrons. The van der Waals surface area contributed by atoms with E-state index in [0.717, 1.165) is 22.3 Å². The number of aromatic nitrogens is 1. The molecule has 0 amide bonds. The number of para-hydroxylation sites is 1. The highest BCUT2D eigenvalue weighted by Crippen LogP contribution is 2.31. The van der Waals surface area contributed by atoms with E-state index >= 15 is 0 Å². The molecule has 1 aliphatic rings. The maximum absolute atomic E-state index is 13.6. The van der Waals surface area contributed by atoms with Gasteiger partial charge in [0, 0.05) is 35.8 Å². The van der Waals surface area contributed by atoms with Crippen molar-refractivity contribution in [1.82, 2.24) is 0 Å². The van der Waals surface area contributed by atoms with Crippen LogP contribution < -0.4 is 9.01 Å². The van der Waals surface area contributed by atoms with E-state index in [0.29, 0.717) is 28.6 Å². The number of hydroxylamine groups is 1. The first kappa shape index (κ1) is 29.5. The summed E-state index contributed by atoms with van der Waals surface area (Å²) in [6.07, 6.45) is 2.05. The number of benzene rings is 4. The summed E-state index contributed by atoms with van der Waals surface area (Å²) in [6, 6.07) is 29.7. The summed E-state index contributed by atoms with van der Waals surface area (Å²) < 4.78 is 68.5. The Morgan fingerprint density at radius 3 is 1.86 bits per heavy atom. The fourth-order valence-electron chi connectivity index (χ4n) is 5.37. The van der Waals surface area contributed by atoms with Crippen molar-refractivity contribution in [2.24, 2.45) is 0 Å². The quantitative estimate of drug-likeness (QED) is 0.234. The Bertz CT molecular complexity index is 2150. The third-order valence-electron chi connectivity index (χ3n) is 7.63. The molecule has 1 aliphatic heterocycles. The Labute approximate surface area is 257 Å². The van der Waals surface area contributed by atoms with Crippen LogP contribution in [0.4, 0.5) is 0 Å². The second kappa shape index (κ2) is 10.9. The van der Waals surface area contributed by atoms with Gasteiger partial charge in [-0.3, -0.25) is 0 Å². The SMILES string of the molecule is Cc1ccc(S(=O)(=O)O[N+]2=C(c3cc4ccccc4[n+](OS(=O)(=O)c4ccc(C)cc4)c3)c3ccccc3CC2(C)C)cc1. The lowest BCUT2D eigenvalue weighted by Crippen LogP contribution is -2.49. The van der Waals surface area contributed by atoms with Gasteiger partial charge in [-0.15, -0.1) is 8.57 Å². The molecule has 44 heavy (non-hydrogen) atoms. The van der Waals surface area contributed by atoms with Crippen LogP contribution in [0.1, 0.15) is 41.7 Å². The Morgan fingerprint density at radius 2 is 1.23 bits per heavy atom. The van der Waals surface area contributed by atoms with Gasteiger partial charge in [-0.1, -0.05) is 65.7 Å². The standard InChI is InChI=1S/C34H32N2O6S2/c1-24-13-17-29(18-14-24)43(37,38)41-35-23-28(21-26-9-6-8-12-32(26)35)33-31-11-7-5-10-27(31)22-34(3,4)36(33)42-44(39,40)30-19-15-25(2)16-20-30/h5-21,23H,22H2,1-4H3/q+2. The lowest BCUT2D eigenvalue weighted by Gasteiger charge is -2.27. The zero-order valence-corrected chi connectivity index (χ0v) is 26.4. The summed E-state index contributed by atoms with van der Waals surface area (Å²) in [5.41, 5.74) is 4.25. The lowest BCUT2D eigenvalue weighted by atomic mass is 9.85. The second-order valence-corrected chi connectivity index (χ2v) is 14.6. The largest absolute Gasteiger partial charge is 0.396 e. The van der Waals surface area contributed by atoms with E-state index in [9.17, 15) is 16.8 Å². The van der Waals surface area contributed by atoms with Crippen molar-refractivity contribution in [3.63, 3.8) is 0 Å². The lowest BCUT2D eigenvalue weighted by molar-refractivity contribution is -0.835.